The van der Waals surface area contributed by atoms with Gasteiger partial charge in [-0.15, -0.1) is 0 Å². The molecule has 2 aromatic rings. The van der Waals surface area contributed by atoms with Crippen LogP contribution in [0.2, 0.25) is 5.02 Å². The van der Waals surface area contributed by atoms with Crippen molar-refractivity contribution in [3.8, 4) is 5.69 Å². The Labute approximate surface area is 100 Å². The van der Waals surface area contributed by atoms with E-state index in [0.29, 0.717) is 0 Å². The van der Waals surface area contributed by atoms with Crippen molar-refractivity contribution in [3.63, 3.8) is 0 Å². The molecule has 0 fully saturated rings. The van der Waals surface area contributed by atoms with Crippen LogP contribution in [0.25, 0.3) is 5.69 Å². The van der Waals surface area contributed by atoms with Gasteiger partial charge < -0.3 is 9.88 Å². The van der Waals surface area contributed by atoms with Crippen molar-refractivity contribution in [2.45, 2.75) is 13.5 Å². The van der Waals surface area contributed by atoms with E-state index < -0.39 is 0 Å². The SMILES string of the molecule is CCNCc1c(Cl)cccc1-n1ccnc1. The first-order valence-electron chi connectivity index (χ1n) is 5.29. The molecular weight excluding hydrogens is 222 g/mol. The summed E-state index contributed by atoms with van der Waals surface area (Å²) in [5.74, 6) is 0. The van der Waals surface area contributed by atoms with Gasteiger partial charge in [-0.3, -0.25) is 0 Å². The molecule has 0 radical (unpaired) electrons. The summed E-state index contributed by atoms with van der Waals surface area (Å²) in [6, 6.07) is 5.90. The molecule has 2 rings (SSSR count). The van der Waals surface area contributed by atoms with Crippen LogP contribution in [0.5, 0.6) is 0 Å². The van der Waals surface area contributed by atoms with Crippen LogP contribution in [0, 0.1) is 0 Å². The van der Waals surface area contributed by atoms with Gasteiger partial charge in [0.05, 0.1) is 12.0 Å². The highest BCUT2D eigenvalue weighted by molar-refractivity contribution is 6.31. The van der Waals surface area contributed by atoms with Crippen LogP contribution >= 0.6 is 11.6 Å². The quantitative estimate of drug-likeness (QED) is 0.883. The van der Waals surface area contributed by atoms with Crippen molar-refractivity contribution in [1.82, 2.24) is 14.9 Å². The third-order valence-corrected chi connectivity index (χ3v) is 2.78. The molecule has 0 amide bonds. The second-order valence-electron chi connectivity index (χ2n) is 3.49. The summed E-state index contributed by atoms with van der Waals surface area (Å²) >= 11 is 6.21. The van der Waals surface area contributed by atoms with Crippen molar-refractivity contribution in [3.05, 3.63) is 47.5 Å². The molecule has 16 heavy (non-hydrogen) atoms. The van der Waals surface area contributed by atoms with Crippen LogP contribution in [0.4, 0.5) is 0 Å². The lowest BCUT2D eigenvalue weighted by molar-refractivity contribution is 0.722. The molecule has 0 atom stereocenters. The summed E-state index contributed by atoms with van der Waals surface area (Å²) < 4.78 is 1.97. The van der Waals surface area contributed by atoms with E-state index in [0.717, 1.165) is 29.4 Å². The molecule has 1 N–H and O–H groups in total. The Hall–Kier alpha value is -1.32. The Morgan fingerprint density at radius 1 is 1.44 bits per heavy atom. The Morgan fingerprint density at radius 2 is 2.31 bits per heavy atom. The minimum Gasteiger partial charge on any atom is -0.313 e. The summed E-state index contributed by atoms with van der Waals surface area (Å²) in [5, 5.41) is 4.07. The van der Waals surface area contributed by atoms with Crippen LogP contribution in [-0.2, 0) is 6.54 Å². The van der Waals surface area contributed by atoms with Crippen molar-refractivity contribution >= 4 is 11.6 Å². The largest absolute Gasteiger partial charge is 0.313 e. The van der Waals surface area contributed by atoms with Gasteiger partial charge in [0, 0.05) is 29.5 Å². The lowest BCUT2D eigenvalue weighted by Crippen LogP contribution is -2.14. The minimum absolute atomic E-state index is 0.768. The van der Waals surface area contributed by atoms with Gasteiger partial charge in [0.2, 0.25) is 0 Å². The molecule has 0 unspecified atom stereocenters. The number of aromatic nitrogens is 2. The van der Waals surface area contributed by atoms with Crippen LogP contribution < -0.4 is 5.32 Å². The fourth-order valence-electron chi connectivity index (χ4n) is 1.62. The smallest absolute Gasteiger partial charge is 0.0991 e. The highest BCUT2D eigenvalue weighted by Crippen LogP contribution is 2.22. The zero-order valence-electron chi connectivity index (χ0n) is 9.15. The Kier molecular flexibility index (Phi) is 3.59. The zero-order chi connectivity index (χ0) is 11.4. The maximum Gasteiger partial charge on any atom is 0.0991 e. The maximum atomic E-state index is 6.21. The standard InChI is InChI=1S/C12H14ClN3/c1-2-14-8-10-11(13)4-3-5-12(10)16-7-6-15-9-16/h3-7,9,14H,2,8H2,1H3. The molecule has 1 heterocycles. The first kappa shape index (κ1) is 11.2. The molecule has 0 aliphatic rings. The first-order chi connectivity index (χ1) is 7.83. The van der Waals surface area contributed by atoms with Crippen molar-refractivity contribution in [2.24, 2.45) is 0 Å². The van der Waals surface area contributed by atoms with Crippen LogP contribution in [-0.4, -0.2) is 16.1 Å². The summed E-state index contributed by atoms with van der Waals surface area (Å²) in [6.45, 7) is 3.77. The normalized spacial score (nSPS) is 10.6. The second-order valence-corrected chi connectivity index (χ2v) is 3.89. The molecule has 0 bridgehead atoms. The van der Waals surface area contributed by atoms with Crippen molar-refractivity contribution in [2.75, 3.05) is 6.54 Å². The number of rotatable bonds is 4. The molecule has 0 saturated carbocycles. The topological polar surface area (TPSA) is 29.9 Å². The van der Waals surface area contributed by atoms with E-state index in [2.05, 4.69) is 17.2 Å². The molecule has 3 nitrogen and oxygen atoms in total. The molecule has 1 aromatic carbocycles. The summed E-state index contributed by atoms with van der Waals surface area (Å²) in [7, 11) is 0. The number of nitrogens with zero attached hydrogens (tertiary/aromatic N) is 2. The minimum atomic E-state index is 0.768. The molecule has 84 valence electrons. The fourth-order valence-corrected chi connectivity index (χ4v) is 1.85. The average molecular weight is 236 g/mol. The van der Waals surface area contributed by atoms with E-state index in [9.17, 15) is 0 Å². The molecule has 0 aliphatic heterocycles. The van der Waals surface area contributed by atoms with Gasteiger partial charge in [0.1, 0.15) is 0 Å². The van der Waals surface area contributed by atoms with Crippen molar-refractivity contribution in [1.29, 1.82) is 0 Å². The van der Waals surface area contributed by atoms with Gasteiger partial charge >= 0.3 is 0 Å². The Morgan fingerprint density at radius 3 is 3.00 bits per heavy atom. The number of hydrogen-bond acceptors (Lipinski definition) is 2. The number of halogens is 1. The molecule has 0 saturated heterocycles. The molecule has 0 spiro atoms. The Bertz CT molecular complexity index is 451. The van der Waals surface area contributed by atoms with Gasteiger partial charge in [-0.1, -0.05) is 24.6 Å². The van der Waals surface area contributed by atoms with E-state index in [1.807, 2.05) is 29.0 Å². The number of benzene rings is 1. The van der Waals surface area contributed by atoms with Crippen LogP contribution in [0.3, 0.4) is 0 Å². The highest BCUT2D eigenvalue weighted by Gasteiger charge is 2.07. The summed E-state index contributed by atoms with van der Waals surface area (Å²) in [6.07, 6.45) is 5.46. The van der Waals surface area contributed by atoms with E-state index in [1.165, 1.54) is 0 Å². The highest BCUT2D eigenvalue weighted by atomic mass is 35.5. The molecule has 1 aromatic heterocycles. The van der Waals surface area contributed by atoms with Gasteiger partial charge in [-0.05, 0) is 18.7 Å². The third kappa shape index (κ3) is 2.26. The lowest BCUT2D eigenvalue weighted by atomic mass is 10.1. The first-order valence-corrected chi connectivity index (χ1v) is 5.67. The lowest BCUT2D eigenvalue weighted by Gasteiger charge is -2.12. The zero-order valence-corrected chi connectivity index (χ0v) is 9.91. The second kappa shape index (κ2) is 5.14. The average Bonchev–Trinajstić information content (AvgIpc) is 2.80. The maximum absolute atomic E-state index is 6.21. The van der Waals surface area contributed by atoms with E-state index >= 15 is 0 Å². The Balaban J connectivity index is 2.40. The van der Waals surface area contributed by atoms with Gasteiger partial charge in [0.15, 0.2) is 0 Å². The monoisotopic (exact) mass is 235 g/mol. The van der Waals surface area contributed by atoms with E-state index in [1.54, 1.807) is 12.5 Å². The predicted molar refractivity (Wildman–Crippen MR) is 66.0 cm³/mol. The van der Waals surface area contributed by atoms with Gasteiger partial charge in [0.25, 0.3) is 0 Å². The van der Waals surface area contributed by atoms with Gasteiger partial charge in [-0.25, -0.2) is 4.98 Å². The number of imidazole rings is 1. The number of hydrogen-bond donors (Lipinski definition) is 1. The summed E-state index contributed by atoms with van der Waals surface area (Å²) in [4.78, 5) is 4.05. The number of nitrogens with one attached hydrogen (secondary N) is 1. The molecular formula is C12H14ClN3. The third-order valence-electron chi connectivity index (χ3n) is 2.43. The van der Waals surface area contributed by atoms with E-state index in [4.69, 9.17) is 11.6 Å². The van der Waals surface area contributed by atoms with Crippen LogP contribution in [0.1, 0.15) is 12.5 Å². The van der Waals surface area contributed by atoms with Crippen LogP contribution in [0.15, 0.2) is 36.9 Å². The fraction of sp³-hybridized carbons (Fsp3) is 0.250. The molecule has 0 aliphatic carbocycles. The predicted octanol–water partition coefficient (Wildman–Crippen LogP) is 2.64. The summed E-state index contributed by atoms with van der Waals surface area (Å²) in [5.41, 5.74) is 2.18. The van der Waals surface area contributed by atoms with E-state index in [-0.39, 0.29) is 0 Å². The van der Waals surface area contributed by atoms with Crippen molar-refractivity contribution < 1.29 is 0 Å². The van der Waals surface area contributed by atoms with Gasteiger partial charge in [-0.2, -0.15) is 0 Å². The molecule has 4 heteroatoms.